The number of benzene rings is 1. The van der Waals surface area contributed by atoms with E-state index < -0.39 is 0 Å². The lowest BCUT2D eigenvalue weighted by Crippen LogP contribution is -2.04. The third kappa shape index (κ3) is 4.63. The third-order valence-corrected chi connectivity index (χ3v) is 2.59. The SMILES string of the molecule is CCOc1cc(CCCO)cc(OCC)c1OCC. The van der Waals surface area contributed by atoms with Crippen LogP contribution in [0.3, 0.4) is 0 Å². The Bertz CT molecular complexity index is 349. The first-order valence-electron chi connectivity index (χ1n) is 6.92. The van der Waals surface area contributed by atoms with Crippen molar-refractivity contribution in [3.63, 3.8) is 0 Å². The maximum absolute atomic E-state index is 8.92. The van der Waals surface area contributed by atoms with Gasteiger partial charge < -0.3 is 19.3 Å². The van der Waals surface area contributed by atoms with Gasteiger partial charge in [-0.3, -0.25) is 0 Å². The van der Waals surface area contributed by atoms with Crippen LogP contribution in [0.15, 0.2) is 12.1 Å². The molecule has 0 heterocycles. The minimum absolute atomic E-state index is 0.182. The Morgan fingerprint density at radius 1 is 0.895 bits per heavy atom. The van der Waals surface area contributed by atoms with Gasteiger partial charge in [-0.05, 0) is 51.3 Å². The van der Waals surface area contributed by atoms with Gasteiger partial charge in [0.2, 0.25) is 5.75 Å². The summed E-state index contributed by atoms with van der Waals surface area (Å²) in [7, 11) is 0. The second kappa shape index (κ2) is 8.64. The van der Waals surface area contributed by atoms with E-state index in [4.69, 9.17) is 19.3 Å². The van der Waals surface area contributed by atoms with Gasteiger partial charge >= 0.3 is 0 Å². The van der Waals surface area contributed by atoms with Crippen molar-refractivity contribution in [1.29, 1.82) is 0 Å². The standard InChI is InChI=1S/C15H24O4/c1-4-17-13-10-12(8-7-9-16)11-14(18-5-2)15(13)19-6-3/h10-11,16H,4-9H2,1-3H3. The monoisotopic (exact) mass is 268 g/mol. The van der Waals surface area contributed by atoms with Gasteiger partial charge in [-0.2, -0.15) is 0 Å². The summed E-state index contributed by atoms with van der Waals surface area (Å²) in [6.45, 7) is 7.72. The molecule has 0 fully saturated rings. The van der Waals surface area contributed by atoms with Crippen molar-refractivity contribution in [3.05, 3.63) is 17.7 Å². The molecule has 0 radical (unpaired) electrons. The van der Waals surface area contributed by atoms with Crippen LogP contribution in [0.1, 0.15) is 32.8 Å². The summed E-state index contributed by atoms with van der Waals surface area (Å²) in [6, 6.07) is 3.93. The second-order valence-electron chi connectivity index (χ2n) is 4.05. The molecule has 0 aliphatic heterocycles. The third-order valence-electron chi connectivity index (χ3n) is 2.59. The topological polar surface area (TPSA) is 47.9 Å². The summed E-state index contributed by atoms with van der Waals surface area (Å²) < 4.78 is 16.9. The van der Waals surface area contributed by atoms with E-state index in [1.165, 1.54) is 0 Å². The lowest BCUT2D eigenvalue weighted by Gasteiger charge is -2.17. The summed E-state index contributed by atoms with van der Waals surface area (Å²) in [5, 5.41) is 8.92. The first-order valence-corrected chi connectivity index (χ1v) is 6.92. The number of aliphatic hydroxyl groups is 1. The number of aryl methyl sites for hydroxylation is 1. The largest absolute Gasteiger partial charge is 0.490 e. The van der Waals surface area contributed by atoms with E-state index in [1.807, 2.05) is 32.9 Å². The molecule has 1 N–H and O–H groups in total. The van der Waals surface area contributed by atoms with E-state index >= 15 is 0 Å². The number of hydrogen-bond acceptors (Lipinski definition) is 4. The van der Waals surface area contributed by atoms with Crippen LogP contribution in [0.2, 0.25) is 0 Å². The molecule has 1 rings (SSSR count). The van der Waals surface area contributed by atoms with Crippen LogP contribution in [0.5, 0.6) is 17.2 Å². The highest BCUT2D eigenvalue weighted by molar-refractivity contribution is 5.54. The molecule has 4 heteroatoms. The Balaban J connectivity index is 3.09. The van der Waals surface area contributed by atoms with E-state index in [9.17, 15) is 0 Å². The maximum atomic E-state index is 8.92. The molecule has 0 aliphatic rings. The minimum atomic E-state index is 0.182. The van der Waals surface area contributed by atoms with Gasteiger partial charge in [0.1, 0.15) is 0 Å². The van der Waals surface area contributed by atoms with E-state index in [2.05, 4.69) is 0 Å². The van der Waals surface area contributed by atoms with Gasteiger partial charge in [-0.15, -0.1) is 0 Å². The van der Waals surface area contributed by atoms with Crippen molar-refractivity contribution in [1.82, 2.24) is 0 Å². The van der Waals surface area contributed by atoms with Crippen LogP contribution < -0.4 is 14.2 Å². The zero-order valence-electron chi connectivity index (χ0n) is 12.1. The second-order valence-corrected chi connectivity index (χ2v) is 4.05. The molecule has 4 nitrogen and oxygen atoms in total. The van der Waals surface area contributed by atoms with Gasteiger partial charge in [0.05, 0.1) is 19.8 Å². The Labute approximate surface area is 115 Å². The molecule has 0 saturated heterocycles. The molecule has 0 bridgehead atoms. The van der Waals surface area contributed by atoms with Crippen LogP contribution in [0.4, 0.5) is 0 Å². The van der Waals surface area contributed by atoms with Crippen molar-refractivity contribution in [2.75, 3.05) is 26.4 Å². The fourth-order valence-electron chi connectivity index (χ4n) is 1.87. The predicted octanol–water partition coefficient (Wildman–Crippen LogP) is 2.81. The van der Waals surface area contributed by atoms with Crippen molar-refractivity contribution in [2.45, 2.75) is 33.6 Å². The number of aliphatic hydroxyl groups excluding tert-OH is 1. The molecule has 0 aliphatic carbocycles. The van der Waals surface area contributed by atoms with Gasteiger partial charge in [-0.1, -0.05) is 0 Å². The first kappa shape index (κ1) is 15.6. The zero-order chi connectivity index (χ0) is 14.1. The molecular weight excluding hydrogens is 244 g/mol. The number of rotatable bonds is 9. The molecular formula is C15H24O4. The van der Waals surface area contributed by atoms with Crippen LogP contribution in [-0.4, -0.2) is 31.5 Å². The van der Waals surface area contributed by atoms with Gasteiger partial charge in [0.25, 0.3) is 0 Å². The van der Waals surface area contributed by atoms with Crippen LogP contribution in [0.25, 0.3) is 0 Å². The number of hydrogen-bond donors (Lipinski definition) is 1. The minimum Gasteiger partial charge on any atom is -0.490 e. The summed E-state index contributed by atoms with van der Waals surface area (Å²) in [5.74, 6) is 2.09. The Morgan fingerprint density at radius 3 is 1.84 bits per heavy atom. The Kier molecular flexibility index (Phi) is 7.11. The molecule has 0 atom stereocenters. The smallest absolute Gasteiger partial charge is 0.203 e. The molecule has 0 unspecified atom stereocenters. The molecule has 0 aromatic heterocycles. The predicted molar refractivity (Wildman–Crippen MR) is 75.4 cm³/mol. The first-order chi connectivity index (χ1) is 9.26. The van der Waals surface area contributed by atoms with E-state index in [1.54, 1.807) is 0 Å². The maximum Gasteiger partial charge on any atom is 0.203 e. The fraction of sp³-hybridized carbons (Fsp3) is 0.600. The average molecular weight is 268 g/mol. The molecule has 19 heavy (non-hydrogen) atoms. The summed E-state index contributed by atoms with van der Waals surface area (Å²) in [5.41, 5.74) is 1.09. The molecule has 108 valence electrons. The Hall–Kier alpha value is -1.42. The normalized spacial score (nSPS) is 10.3. The van der Waals surface area contributed by atoms with Crippen molar-refractivity contribution < 1.29 is 19.3 Å². The van der Waals surface area contributed by atoms with Gasteiger partial charge in [0, 0.05) is 6.61 Å². The molecule has 1 aromatic carbocycles. The van der Waals surface area contributed by atoms with Crippen molar-refractivity contribution >= 4 is 0 Å². The highest BCUT2D eigenvalue weighted by Crippen LogP contribution is 2.39. The quantitative estimate of drug-likeness (QED) is 0.748. The number of ether oxygens (including phenoxy) is 3. The van der Waals surface area contributed by atoms with E-state index in [-0.39, 0.29) is 6.61 Å². The van der Waals surface area contributed by atoms with Gasteiger partial charge in [0.15, 0.2) is 11.5 Å². The molecule has 1 aromatic rings. The Morgan fingerprint density at radius 2 is 1.42 bits per heavy atom. The highest BCUT2D eigenvalue weighted by Gasteiger charge is 2.14. The van der Waals surface area contributed by atoms with Gasteiger partial charge in [-0.25, -0.2) is 0 Å². The van der Waals surface area contributed by atoms with Crippen LogP contribution >= 0.6 is 0 Å². The lowest BCUT2D eigenvalue weighted by molar-refractivity contribution is 0.260. The summed E-state index contributed by atoms with van der Waals surface area (Å²) in [6.07, 6.45) is 1.52. The molecule has 0 amide bonds. The highest BCUT2D eigenvalue weighted by atomic mass is 16.5. The van der Waals surface area contributed by atoms with E-state index in [0.29, 0.717) is 37.1 Å². The fourth-order valence-corrected chi connectivity index (χ4v) is 1.87. The zero-order valence-corrected chi connectivity index (χ0v) is 12.1. The summed E-state index contributed by atoms with van der Waals surface area (Å²) >= 11 is 0. The van der Waals surface area contributed by atoms with Crippen LogP contribution in [-0.2, 0) is 6.42 Å². The average Bonchev–Trinajstić information content (AvgIpc) is 2.40. The van der Waals surface area contributed by atoms with Crippen LogP contribution in [0, 0.1) is 0 Å². The molecule has 0 saturated carbocycles. The van der Waals surface area contributed by atoms with Crippen molar-refractivity contribution in [3.8, 4) is 17.2 Å². The summed E-state index contributed by atoms with van der Waals surface area (Å²) in [4.78, 5) is 0. The van der Waals surface area contributed by atoms with E-state index in [0.717, 1.165) is 18.4 Å². The lowest BCUT2D eigenvalue weighted by atomic mass is 10.1. The molecule has 0 spiro atoms. The van der Waals surface area contributed by atoms with Crippen molar-refractivity contribution in [2.24, 2.45) is 0 Å².